The van der Waals surface area contributed by atoms with E-state index >= 15 is 0 Å². The molecule has 0 saturated carbocycles. The predicted octanol–water partition coefficient (Wildman–Crippen LogP) is 3.22. The van der Waals surface area contributed by atoms with Crippen molar-refractivity contribution in [2.24, 2.45) is 0 Å². The second kappa shape index (κ2) is 7.13. The Bertz CT molecular complexity index is 945. The third-order valence-corrected chi connectivity index (χ3v) is 4.17. The number of amides is 2. The van der Waals surface area contributed by atoms with Crippen LogP contribution in [0.25, 0.3) is 10.9 Å². The first kappa shape index (κ1) is 16.6. The number of nitrogens with zero attached hydrogens (tertiary/aromatic N) is 1. The molecule has 0 aliphatic carbocycles. The van der Waals surface area contributed by atoms with Crippen LogP contribution >= 0.6 is 0 Å². The van der Waals surface area contributed by atoms with Gasteiger partial charge in [0.05, 0.1) is 17.6 Å². The molecule has 25 heavy (non-hydrogen) atoms. The highest BCUT2D eigenvalue weighted by molar-refractivity contribution is 6.07. The molecular weight excluding hydrogens is 314 g/mol. The van der Waals surface area contributed by atoms with Crippen LogP contribution in [0.2, 0.25) is 0 Å². The van der Waals surface area contributed by atoms with Crippen molar-refractivity contribution < 1.29 is 9.59 Å². The molecule has 3 aromatic rings. The highest BCUT2D eigenvalue weighted by Gasteiger charge is 2.12. The average molecular weight is 333 g/mol. The minimum Gasteiger partial charge on any atom is -0.343 e. The van der Waals surface area contributed by atoms with E-state index in [-0.39, 0.29) is 18.4 Å². The van der Waals surface area contributed by atoms with Crippen LogP contribution in [0.4, 0.5) is 5.69 Å². The van der Waals surface area contributed by atoms with E-state index in [9.17, 15) is 9.59 Å². The largest absolute Gasteiger partial charge is 0.343 e. The number of carbonyl (C=O) groups is 2. The normalized spacial score (nSPS) is 10.5. The summed E-state index contributed by atoms with van der Waals surface area (Å²) in [7, 11) is 0. The predicted molar refractivity (Wildman–Crippen MR) is 98.6 cm³/mol. The maximum absolute atomic E-state index is 12.4. The van der Waals surface area contributed by atoms with Crippen LogP contribution in [0, 0.1) is 13.8 Å². The lowest BCUT2D eigenvalue weighted by Crippen LogP contribution is -2.33. The fourth-order valence-corrected chi connectivity index (χ4v) is 2.62. The van der Waals surface area contributed by atoms with E-state index in [1.165, 1.54) is 0 Å². The molecule has 5 heteroatoms. The SMILES string of the molecule is Cc1cccc(NC(=O)CNC(=O)c2cccc3cccnc23)c1C. The van der Waals surface area contributed by atoms with Crippen molar-refractivity contribution >= 4 is 28.4 Å². The Labute approximate surface area is 146 Å². The molecule has 2 amide bonds. The third kappa shape index (κ3) is 3.66. The molecule has 126 valence electrons. The van der Waals surface area contributed by atoms with Gasteiger partial charge in [-0.25, -0.2) is 0 Å². The summed E-state index contributed by atoms with van der Waals surface area (Å²) in [5.41, 5.74) is 3.95. The summed E-state index contributed by atoms with van der Waals surface area (Å²) in [5, 5.41) is 6.36. The van der Waals surface area contributed by atoms with Gasteiger partial charge in [0.2, 0.25) is 5.91 Å². The maximum Gasteiger partial charge on any atom is 0.253 e. The summed E-state index contributed by atoms with van der Waals surface area (Å²) in [6.07, 6.45) is 1.65. The third-order valence-electron chi connectivity index (χ3n) is 4.17. The van der Waals surface area contributed by atoms with Gasteiger partial charge in [0.15, 0.2) is 0 Å². The van der Waals surface area contributed by atoms with Crippen molar-refractivity contribution in [3.63, 3.8) is 0 Å². The summed E-state index contributed by atoms with van der Waals surface area (Å²) >= 11 is 0. The molecule has 0 atom stereocenters. The molecular formula is C20H19N3O2. The van der Waals surface area contributed by atoms with Crippen molar-refractivity contribution in [1.29, 1.82) is 0 Å². The zero-order valence-electron chi connectivity index (χ0n) is 14.2. The molecule has 5 nitrogen and oxygen atoms in total. The van der Waals surface area contributed by atoms with E-state index in [1.54, 1.807) is 18.3 Å². The topological polar surface area (TPSA) is 71.1 Å². The number of carbonyl (C=O) groups excluding carboxylic acids is 2. The number of nitrogens with one attached hydrogen (secondary N) is 2. The number of aromatic nitrogens is 1. The molecule has 0 unspecified atom stereocenters. The number of rotatable bonds is 4. The number of pyridine rings is 1. The lowest BCUT2D eigenvalue weighted by molar-refractivity contribution is -0.115. The molecule has 0 bridgehead atoms. The van der Waals surface area contributed by atoms with Crippen molar-refractivity contribution in [2.45, 2.75) is 13.8 Å². The summed E-state index contributed by atoms with van der Waals surface area (Å²) in [6.45, 7) is 3.83. The molecule has 0 aliphatic heterocycles. The zero-order valence-corrected chi connectivity index (χ0v) is 14.2. The standard InChI is InChI=1S/C20H19N3O2/c1-13-6-3-10-17(14(13)2)23-18(24)12-22-20(25)16-9-4-7-15-8-5-11-21-19(15)16/h3-11H,12H2,1-2H3,(H,22,25)(H,23,24). The highest BCUT2D eigenvalue weighted by Crippen LogP contribution is 2.18. The summed E-state index contributed by atoms with van der Waals surface area (Å²) in [4.78, 5) is 28.8. The molecule has 1 aromatic heterocycles. The van der Waals surface area contributed by atoms with Crippen LogP contribution in [-0.4, -0.2) is 23.3 Å². The Morgan fingerprint density at radius 1 is 1.00 bits per heavy atom. The van der Waals surface area contributed by atoms with E-state index in [0.717, 1.165) is 22.2 Å². The molecule has 2 aromatic carbocycles. The van der Waals surface area contributed by atoms with E-state index < -0.39 is 0 Å². The van der Waals surface area contributed by atoms with Crippen LogP contribution in [0.1, 0.15) is 21.5 Å². The van der Waals surface area contributed by atoms with Crippen LogP contribution in [0.3, 0.4) is 0 Å². The molecule has 0 saturated heterocycles. The minimum absolute atomic E-state index is 0.102. The second-order valence-electron chi connectivity index (χ2n) is 5.86. The highest BCUT2D eigenvalue weighted by atomic mass is 16.2. The van der Waals surface area contributed by atoms with Gasteiger partial charge in [-0.05, 0) is 43.2 Å². The van der Waals surface area contributed by atoms with Gasteiger partial charge in [-0.15, -0.1) is 0 Å². The number of hydrogen-bond acceptors (Lipinski definition) is 3. The Morgan fingerprint density at radius 3 is 2.60 bits per heavy atom. The first-order valence-corrected chi connectivity index (χ1v) is 8.04. The number of aryl methyl sites for hydroxylation is 1. The monoisotopic (exact) mass is 333 g/mol. The first-order chi connectivity index (χ1) is 12.1. The molecule has 2 N–H and O–H groups in total. The number of anilines is 1. The van der Waals surface area contributed by atoms with E-state index in [0.29, 0.717) is 11.1 Å². The summed E-state index contributed by atoms with van der Waals surface area (Å²) in [5.74, 6) is -0.587. The van der Waals surface area contributed by atoms with E-state index in [1.807, 2.05) is 50.2 Å². The Hall–Kier alpha value is -3.21. The lowest BCUT2D eigenvalue weighted by Gasteiger charge is -2.11. The van der Waals surface area contributed by atoms with Crippen LogP contribution < -0.4 is 10.6 Å². The minimum atomic E-state index is -0.319. The molecule has 1 heterocycles. The van der Waals surface area contributed by atoms with Crippen molar-refractivity contribution in [1.82, 2.24) is 10.3 Å². The van der Waals surface area contributed by atoms with Gasteiger partial charge in [-0.2, -0.15) is 0 Å². The summed E-state index contributed by atoms with van der Waals surface area (Å²) in [6, 6.07) is 14.8. The van der Waals surface area contributed by atoms with E-state index in [4.69, 9.17) is 0 Å². The number of fused-ring (bicyclic) bond motifs is 1. The van der Waals surface area contributed by atoms with Crippen LogP contribution in [-0.2, 0) is 4.79 Å². The summed E-state index contributed by atoms with van der Waals surface area (Å²) < 4.78 is 0. The van der Waals surface area contributed by atoms with Gasteiger partial charge in [0, 0.05) is 17.3 Å². The molecule has 0 fully saturated rings. The fraction of sp³-hybridized carbons (Fsp3) is 0.150. The number of benzene rings is 2. The van der Waals surface area contributed by atoms with Gasteiger partial charge in [0.25, 0.3) is 5.91 Å². The molecule has 0 spiro atoms. The Balaban J connectivity index is 1.67. The maximum atomic E-state index is 12.4. The van der Waals surface area contributed by atoms with Crippen LogP contribution in [0.5, 0.6) is 0 Å². The fourth-order valence-electron chi connectivity index (χ4n) is 2.62. The van der Waals surface area contributed by atoms with Gasteiger partial charge < -0.3 is 10.6 Å². The zero-order chi connectivity index (χ0) is 17.8. The number of hydrogen-bond donors (Lipinski definition) is 2. The average Bonchev–Trinajstić information content (AvgIpc) is 2.63. The van der Waals surface area contributed by atoms with Crippen LogP contribution in [0.15, 0.2) is 54.7 Å². The van der Waals surface area contributed by atoms with Crippen molar-refractivity contribution in [3.05, 3.63) is 71.4 Å². The molecule has 0 radical (unpaired) electrons. The van der Waals surface area contributed by atoms with Gasteiger partial charge in [-0.1, -0.05) is 30.3 Å². The smallest absolute Gasteiger partial charge is 0.253 e. The van der Waals surface area contributed by atoms with Gasteiger partial charge >= 0.3 is 0 Å². The molecule has 0 aliphatic rings. The number of para-hydroxylation sites is 1. The van der Waals surface area contributed by atoms with Gasteiger partial charge in [-0.3, -0.25) is 14.6 Å². The van der Waals surface area contributed by atoms with Crippen molar-refractivity contribution in [2.75, 3.05) is 11.9 Å². The molecule has 3 rings (SSSR count). The Kier molecular flexibility index (Phi) is 4.75. The lowest BCUT2D eigenvalue weighted by atomic mass is 10.1. The second-order valence-corrected chi connectivity index (χ2v) is 5.86. The first-order valence-electron chi connectivity index (χ1n) is 8.04. The van der Waals surface area contributed by atoms with Gasteiger partial charge in [0.1, 0.15) is 0 Å². The quantitative estimate of drug-likeness (QED) is 0.770. The van der Waals surface area contributed by atoms with E-state index in [2.05, 4.69) is 15.6 Å². The van der Waals surface area contributed by atoms with Crippen molar-refractivity contribution in [3.8, 4) is 0 Å². The Morgan fingerprint density at radius 2 is 1.76 bits per heavy atom.